The number of rotatable bonds is 3. The Morgan fingerprint density at radius 2 is 2.15 bits per heavy atom. The Bertz CT molecular complexity index is 594. The molecule has 20 heavy (non-hydrogen) atoms. The SMILES string of the molecule is CCC1CCCCN1c1cc(CN)nc2ccccc12. The Hall–Kier alpha value is -1.61. The highest BCUT2D eigenvalue weighted by atomic mass is 15.2. The first-order valence-electron chi connectivity index (χ1n) is 7.69. The minimum absolute atomic E-state index is 0.502. The van der Waals surface area contributed by atoms with Gasteiger partial charge in [0.2, 0.25) is 0 Å². The van der Waals surface area contributed by atoms with Gasteiger partial charge < -0.3 is 10.6 Å². The lowest BCUT2D eigenvalue weighted by molar-refractivity contribution is 0.451. The van der Waals surface area contributed by atoms with Gasteiger partial charge in [0.15, 0.2) is 0 Å². The van der Waals surface area contributed by atoms with Crippen molar-refractivity contribution in [3.8, 4) is 0 Å². The maximum Gasteiger partial charge on any atom is 0.0726 e. The summed E-state index contributed by atoms with van der Waals surface area (Å²) in [6.45, 7) is 3.94. The third-order valence-electron chi connectivity index (χ3n) is 4.36. The molecule has 1 fully saturated rings. The molecule has 0 spiro atoms. The minimum atomic E-state index is 0.502. The van der Waals surface area contributed by atoms with E-state index >= 15 is 0 Å². The zero-order chi connectivity index (χ0) is 13.9. The molecule has 3 heteroatoms. The van der Waals surface area contributed by atoms with E-state index in [0.717, 1.165) is 17.8 Å². The predicted molar refractivity (Wildman–Crippen MR) is 84.9 cm³/mol. The van der Waals surface area contributed by atoms with Crippen LogP contribution >= 0.6 is 0 Å². The largest absolute Gasteiger partial charge is 0.368 e. The van der Waals surface area contributed by atoms with Crippen LogP contribution in [0.1, 0.15) is 38.3 Å². The molecule has 2 aromatic rings. The van der Waals surface area contributed by atoms with Gasteiger partial charge in [-0.25, -0.2) is 0 Å². The topological polar surface area (TPSA) is 42.1 Å². The maximum atomic E-state index is 5.83. The van der Waals surface area contributed by atoms with Crippen molar-refractivity contribution in [1.29, 1.82) is 0 Å². The lowest BCUT2D eigenvalue weighted by atomic mass is 9.98. The van der Waals surface area contributed by atoms with Crippen LogP contribution in [-0.4, -0.2) is 17.6 Å². The summed E-state index contributed by atoms with van der Waals surface area (Å²) in [7, 11) is 0. The molecule has 1 unspecified atom stereocenters. The van der Waals surface area contributed by atoms with Crippen molar-refractivity contribution in [3.63, 3.8) is 0 Å². The highest BCUT2D eigenvalue weighted by molar-refractivity contribution is 5.92. The molecule has 1 saturated heterocycles. The first kappa shape index (κ1) is 13.4. The first-order chi connectivity index (χ1) is 9.83. The van der Waals surface area contributed by atoms with E-state index in [4.69, 9.17) is 5.73 Å². The molecule has 1 aliphatic rings. The van der Waals surface area contributed by atoms with E-state index in [9.17, 15) is 0 Å². The number of benzene rings is 1. The Kier molecular flexibility index (Phi) is 3.88. The van der Waals surface area contributed by atoms with Gasteiger partial charge in [-0.15, -0.1) is 0 Å². The lowest BCUT2D eigenvalue weighted by Gasteiger charge is -2.38. The van der Waals surface area contributed by atoms with Crippen molar-refractivity contribution in [2.75, 3.05) is 11.4 Å². The van der Waals surface area contributed by atoms with E-state index < -0.39 is 0 Å². The molecular formula is C17H23N3. The number of nitrogens with zero attached hydrogens (tertiary/aromatic N) is 2. The van der Waals surface area contributed by atoms with E-state index in [1.54, 1.807) is 0 Å². The predicted octanol–water partition coefficient (Wildman–Crippen LogP) is 3.46. The molecule has 2 N–H and O–H groups in total. The van der Waals surface area contributed by atoms with E-state index in [0.29, 0.717) is 12.6 Å². The summed E-state index contributed by atoms with van der Waals surface area (Å²) in [6.07, 6.45) is 5.13. The summed E-state index contributed by atoms with van der Waals surface area (Å²) in [5, 5.41) is 1.25. The number of piperidine rings is 1. The van der Waals surface area contributed by atoms with Crippen LogP contribution in [0.25, 0.3) is 10.9 Å². The number of aromatic nitrogens is 1. The van der Waals surface area contributed by atoms with E-state index in [-0.39, 0.29) is 0 Å². The number of nitrogens with two attached hydrogens (primary N) is 1. The molecule has 0 aliphatic carbocycles. The molecule has 0 bridgehead atoms. The Labute approximate surface area is 120 Å². The number of hydrogen-bond donors (Lipinski definition) is 1. The minimum Gasteiger partial charge on any atom is -0.368 e. The second-order valence-electron chi connectivity index (χ2n) is 5.61. The average Bonchev–Trinajstić information content (AvgIpc) is 2.53. The highest BCUT2D eigenvalue weighted by Gasteiger charge is 2.23. The summed E-state index contributed by atoms with van der Waals surface area (Å²) in [5.74, 6) is 0. The zero-order valence-electron chi connectivity index (χ0n) is 12.2. The molecule has 1 aliphatic heterocycles. The van der Waals surface area contributed by atoms with Gasteiger partial charge in [0.1, 0.15) is 0 Å². The molecule has 0 saturated carbocycles. The Balaban J connectivity index is 2.13. The van der Waals surface area contributed by atoms with E-state index in [1.165, 1.54) is 36.8 Å². The summed E-state index contributed by atoms with van der Waals surface area (Å²) in [6, 6.07) is 11.3. The summed E-state index contributed by atoms with van der Waals surface area (Å²) < 4.78 is 0. The monoisotopic (exact) mass is 269 g/mol. The van der Waals surface area contributed by atoms with E-state index in [1.807, 2.05) is 6.07 Å². The molecule has 1 atom stereocenters. The van der Waals surface area contributed by atoms with Crippen LogP contribution in [0.3, 0.4) is 0 Å². The van der Waals surface area contributed by atoms with Gasteiger partial charge in [-0.1, -0.05) is 25.1 Å². The van der Waals surface area contributed by atoms with Gasteiger partial charge in [0, 0.05) is 30.2 Å². The zero-order valence-corrected chi connectivity index (χ0v) is 12.2. The average molecular weight is 269 g/mol. The Morgan fingerprint density at radius 1 is 1.30 bits per heavy atom. The van der Waals surface area contributed by atoms with Crippen molar-refractivity contribution in [2.45, 2.75) is 45.2 Å². The van der Waals surface area contributed by atoms with Gasteiger partial charge in [-0.2, -0.15) is 0 Å². The van der Waals surface area contributed by atoms with Crippen LogP contribution in [0, 0.1) is 0 Å². The number of fused-ring (bicyclic) bond motifs is 1. The van der Waals surface area contributed by atoms with Gasteiger partial charge in [-0.3, -0.25) is 4.98 Å². The molecule has 1 aromatic carbocycles. The highest BCUT2D eigenvalue weighted by Crippen LogP contribution is 2.32. The third-order valence-corrected chi connectivity index (χ3v) is 4.36. The number of para-hydroxylation sites is 1. The fourth-order valence-corrected chi connectivity index (χ4v) is 3.29. The van der Waals surface area contributed by atoms with Crippen LogP contribution in [-0.2, 0) is 6.54 Å². The molecule has 106 valence electrons. The van der Waals surface area contributed by atoms with Crippen LogP contribution in [0.2, 0.25) is 0 Å². The number of anilines is 1. The van der Waals surface area contributed by atoms with Gasteiger partial charge in [0.25, 0.3) is 0 Å². The smallest absolute Gasteiger partial charge is 0.0726 e. The number of pyridine rings is 1. The van der Waals surface area contributed by atoms with Crippen molar-refractivity contribution in [1.82, 2.24) is 4.98 Å². The molecule has 0 radical (unpaired) electrons. The molecule has 2 heterocycles. The first-order valence-corrected chi connectivity index (χ1v) is 7.69. The fraction of sp³-hybridized carbons (Fsp3) is 0.471. The molecule has 3 nitrogen and oxygen atoms in total. The Morgan fingerprint density at radius 3 is 2.95 bits per heavy atom. The standard InChI is InChI=1S/C17H23N3/c1-2-14-7-5-6-10-20(14)17-11-13(12-18)19-16-9-4-3-8-15(16)17/h3-4,8-9,11,14H,2,5-7,10,12,18H2,1H3. The van der Waals surface area contributed by atoms with Crippen molar-refractivity contribution in [2.24, 2.45) is 5.73 Å². The molecular weight excluding hydrogens is 246 g/mol. The molecule has 0 amide bonds. The summed E-state index contributed by atoms with van der Waals surface area (Å²) >= 11 is 0. The van der Waals surface area contributed by atoms with Gasteiger partial charge in [-0.05, 0) is 37.8 Å². The van der Waals surface area contributed by atoms with Crippen LogP contribution in [0.4, 0.5) is 5.69 Å². The van der Waals surface area contributed by atoms with Crippen LogP contribution in [0.15, 0.2) is 30.3 Å². The quantitative estimate of drug-likeness (QED) is 0.927. The summed E-state index contributed by atoms with van der Waals surface area (Å²) in [5.41, 5.74) is 9.19. The number of hydrogen-bond acceptors (Lipinski definition) is 3. The van der Waals surface area contributed by atoms with Gasteiger partial charge in [0.05, 0.1) is 11.2 Å². The lowest BCUT2D eigenvalue weighted by Crippen LogP contribution is -2.39. The third kappa shape index (κ3) is 2.38. The molecule has 3 rings (SSSR count). The fourth-order valence-electron chi connectivity index (χ4n) is 3.29. The van der Waals surface area contributed by atoms with Crippen molar-refractivity contribution < 1.29 is 0 Å². The normalized spacial score (nSPS) is 19.5. The van der Waals surface area contributed by atoms with Crippen LogP contribution < -0.4 is 10.6 Å². The van der Waals surface area contributed by atoms with E-state index in [2.05, 4.69) is 41.1 Å². The summed E-state index contributed by atoms with van der Waals surface area (Å²) in [4.78, 5) is 7.22. The van der Waals surface area contributed by atoms with Crippen molar-refractivity contribution >= 4 is 16.6 Å². The molecule has 1 aromatic heterocycles. The van der Waals surface area contributed by atoms with Crippen LogP contribution in [0.5, 0.6) is 0 Å². The van der Waals surface area contributed by atoms with Gasteiger partial charge >= 0.3 is 0 Å². The second-order valence-corrected chi connectivity index (χ2v) is 5.61. The second kappa shape index (κ2) is 5.80. The maximum absolute atomic E-state index is 5.83. The van der Waals surface area contributed by atoms with Crippen molar-refractivity contribution in [3.05, 3.63) is 36.0 Å².